The van der Waals surface area contributed by atoms with Gasteiger partial charge in [0.05, 0.1) is 38.2 Å². The molecule has 0 heterocycles. The standard InChI is InChI=1S/C16H15NO4.C11H15NO2.C9H10O3/c1-21-14-8-2-11(3-9-14)10-15(18)17-13-6-4-12(5-7-13)16(19)20;1-11(2,3)14-10(13)8-4-6-9(12)7-5-8;1-12-8-4-2-7(3-5-8)6-9(10)11/h2-9H,10H2,1H3,(H,17,18)(H,19,20);4-7H,12H2,1-3H3;2-5H,6H2,1H3,(H,10,11). The Hall–Kier alpha value is -5.84. The van der Waals surface area contributed by atoms with Gasteiger partial charge in [0.25, 0.3) is 0 Å². The molecule has 1 amide bonds. The first-order chi connectivity index (χ1) is 22.2. The van der Waals surface area contributed by atoms with Crippen LogP contribution in [0.4, 0.5) is 11.4 Å². The highest BCUT2D eigenvalue weighted by Crippen LogP contribution is 2.15. The number of amides is 1. The van der Waals surface area contributed by atoms with Gasteiger partial charge in [-0.15, -0.1) is 0 Å². The molecule has 11 heteroatoms. The third-order valence-corrected chi connectivity index (χ3v) is 6.00. The van der Waals surface area contributed by atoms with E-state index in [1.807, 2.05) is 32.9 Å². The molecule has 4 aromatic rings. The molecule has 0 saturated heterocycles. The van der Waals surface area contributed by atoms with Gasteiger partial charge in [-0.2, -0.15) is 0 Å². The maximum absolute atomic E-state index is 11.9. The Bertz CT molecular complexity index is 1590. The number of methoxy groups -OCH3 is 2. The summed E-state index contributed by atoms with van der Waals surface area (Å²) in [5, 5.41) is 20.0. The first-order valence-corrected chi connectivity index (χ1v) is 14.4. The Morgan fingerprint density at radius 2 is 1.11 bits per heavy atom. The van der Waals surface area contributed by atoms with E-state index in [2.05, 4.69) is 5.32 Å². The van der Waals surface area contributed by atoms with E-state index in [-0.39, 0.29) is 30.3 Å². The number of carbonyl (C=O) groups excluding carboxylic acids is 2. The number of aromatic carboxylic acids is 1. The molecular formula is C36H40N2O9. The lowest BCUT2D eigenvalue weighted by molar-refractivity contribution is -0.136. The predicted octanol–water partition coefficient (Wildman–Crippen LogP) is 6.12. The number of rotatable bonds is 9. The lowest BCUT2D eigenvalue weighted by Crippen LogP contribution is -2.23. The summed E-state index contributed by atoms with van der Waals surface area (Å²) in [6.45, 7) is 5.51. The summed E-state index contributed by atoms with van der Waals surface area (Å²) in [6, 6.07) is 26.9. The van der Waals surface area contributed by atoms with Crippen LogP contribution in [0.3, 0.4) is 0 Å². The van der Waals surface area contributed by atoms with Crippen LogP contribution in [0.1, 0.15) is 52.6 Å². The first-order valence-electron chi connectivity index (χ1n) is 14.4. The van der Waals surface area contributed by atoms with E-state index < -0.39 is 17.5 Å². The molecule has 0 aliphatic carbocycles. The predicted molar refractivity (Wildman–Crippen MR) is 179 cm³/mol. The van der Waals surface area contributed by atoms with Crippen molar-refractivity contribution in [3.8, 4) is 11.5 Å². The Morgan fingerprint density at radius 1 is 0.660 bits per heavy atom. The molecule has 0 fully saturated rings. The summed E-state index contributed by atoms with van der Waals surface area (Å²) in [5.74, 6) is -0.820. The van der Waals surface area contributed by atoms with Crippen molar-refractivity contribution in [2.24, 2.45) is 0 Å². The number of nitrogens with two attached hydrogens (primary N) is 1. The quantitative estimate of drug-likeness (QED) is 0.123. The van der Waals surface area contributed by atoms with Gasteiger partial charge in [0.2, 0.25) is 5.91 Å². The van der Waals surface area contributed by atoms with Crippen molar-refractivity contribution in [3.05, 3.63) is 119 Å². The Labute approximate surface area is 273 Å². The van der Waals surface area contributed by atoms with E-state index in [0.717, 1.165) is 22.6 Å². The molecular weight excluding hydrogens is 604 g/mol. The number of anilines is 2. The van der Waals surface area contributed by atoms with Gasteiger partial charge >= 0.3 is 17.9 Å². The molecule has 47 heavy (non-hydrogen) atoms. The number of aliphatic carboxylic acids is 1. The second-order valence-corrected chi connectivity index (χ2v) is 11.0. The SMILES string of the molecule is CC(C)(C)OC(=O)c1ccc(N)cc1.COc1ccc(CC(=O)Nc2ccc(C(=O)O)cc2)cc1.COc1ccc(CC(=O)O)cc1. The monoisotopic (exact) mass is 644 g/mol. The second kappa shape index (κ2) is 18.2. The second-order valence-electron chi connectivity index (χ2n) is 11.0. The normalized spacial score (nSPS) is 10.1. The van der Waals surface area contributed by atoms with Crippen molar-refractivity contribution in [1.29, 1.82) is 0 Å². The average Bonchev–Trinajstić information content (AvgIpc) is 3.02. The van der Waals surface area contributed by atoms with Crippen LogP contribution in [-0.2, 0) is 27.2 Å². The van der Waals surface area contributed by atoms with Gasteiger partial charge in [0, 0.05) is 11.4 Å². The van der Waals surface area contributed by atoms with Crippen molar-refractivity contribution in [2.45, 2.75) is 39.2 Å². The van der Waals surface area contributed by atoms with E-state index in [1.165, 1.54) is 12.1 Å². The molecule has 0 bridgehead atoms. The van der Waals surface area contributed by atoms with Crippen LogP contribution in [0.25, 0.3) is 0 Å². The maximum atomic E-state index is 11.9. The van der Waals surface area contributed by atoms with Gasteiger partial charge in [-0.3, -0.25) is 9.59 Å². The molecule has 11 nitrogen and oxygen atoms in total. The Morgan fingerprint density at radius 3 is 1.51 bits per heavy atom. The fraction of sp³-hybridized carbons (Fsp3) is 0.222. The van der Waals surface area contributed by atoms with E-state index in [4.69, 9.17) is 30.2 Å². The van der Waals surface area contributed by atoms with Crippen LogP contribution >= 0.6 is 0 Å². The third-order valence-electron chi connectivity index (χ3n) is 6.00. The fourth-order valence-corrected chi connectivity index (χ4v) is 3.70. The number of ether oxygens (including phenoxy) is 3. The molecule has 0 spiro atoms. The zero-order chi connectivity index (χ0) is 35.0. The largest absolute Gasteiger partial charge is 0.497 e. The first kappa shape index (κ1) is 37.3. The average molecular weight is 645 g/mol. The van der Waals surface area contributed by atoms with Gasteiger partial charge in [0.15, 0.2) is 0 Å². The van der Waals surface area contributed by atoms with Crippen molar-refractivity contribution in [2.75, 3.05) is 25.3 Å². The van der Waals surface area contributed by atoms with Crippen LogP contribution in [0.5, 0.6) is 11.5 Å². The summed E-state index contributed by atoms with van der Waals surface area (Å²) >= 11 is 0. The molecule has 0 aromatic heterocycles. The van der Waals surface area contributed by atoms with Crippen molar-refractivity contribution in [1.82, 2.24) is 0 Å². The van der Waals surface area contributed by atoms with Gasteiger partial charge in [-0.25, -0.2) is 9.59 Å². The van der Waals surface area contributed by atoms with Gasteiger partial charge < -0.3 is 35.5 Å². The van der Waals surface area contributed by atoms with E-state index in [9.17, 15) is 19.2 Å². The highest BCUT2D eigenvalue weighted by molar-refractivity contribution is 5.93. The minimum Gasteiger partial charge on any atom is -0.497 e. The highest BCUT2D eigenvalue weighted by Gasteiger charge is 2.17. The smallest absolute Gasteiger partial charge is 0.338 e. The van der Waals surface area contributed by atoms with Crippen LogP contribution in [0, 0.1) is 0 Å². The van der Waals surface area contributed by atoms with E-state index in [0.29, 0.717) is 16.9 Å². The number of benzene rings is 4. The maximum Gasteiger partial charge on any atom is 0.338 e. The highest BCUT2D eigenvalue weighted by atomic mass is 16.6. The lowest BCUT2D eigenvalue weighted by atomic mass is 10.1. The summed E-state index contributed by atoms with van der Waals surface area (Å²) in [5.41, 5.74) is 8.60. The number of carboxylic acid groups (broad SMARTS) is 2. The Kier molecular flexibility index (Phi) is 14.5. The molecule has 5 N–H and O–H groups in total. The zero-order valence-electron chi connectivity index (χ0n) is 27.0. The molecule has 0 aliphatic rings. The minimum absolute atomic E-state index is 0.0595. The number of nitrogen functional groups attached to an aromatic ring is 1. The van der Waals surface area contributed by atoms with Gasteiger partial charge in [-0.05, 0) is 105 Å². The zero-order valence-corrected chi connectivity index (χ0v) is 27.0. The molecule has 4 rings (SSSR count). The van der Waals surface area contributed by atoms with Crippen molar-refractivity contribution < 1.29 is 43.6 Å². The summed E-state index contributed by atoms with van der Waals surface area (Å²) in [7, 11) is 3.16. The van der Waals surface area contributed by atoms with Crippen molar-refractivity contribution >= 4 is 35.2 Å². The van der Waals surface area contributed by atoms with Crippen LogP contribution in [0.2, 0.25) is 0 Å². The summed E-state index contributed by atoms with van der Waals surface area (Å²) in [4.78, 5) is 44.4. The van der Waals surface area contributed by atoms with Crippen molar-refractivity contribution in [3.63, 3.8) is 0 Å². The molecule has 0 radical (unpaired) electrons. The van der Waals surface area contributed by atoms with Gasteiger partial charge in [-0.1, -0.05) is 24.3 Å². The third kappa shape index (κ3) is 14.7. The summed E-state index contributed by atoms with van der Waals surface area (Å²) in [6.07, 6.45) is 0.300. The number of nitrogens with one attached hydrogen (secondary N) is 1. The lowest BCUT2D eigenvalue weighted by Gasteiger charge is -2.19. The molecule has 0 aliphatic heterocycles. The summed E-state index contributed by atoms with van der Waals surface area (Å²) < 4.78 is 15.2. The fourth-order valence-electron chi connectivity index (χ4n) is 3.70. The Balaban J connectivity index is 0.000000258. The number of hydrogen-bond donors (Lipinski definition) is 4. The molecule has 0 atom stereocenters. The number of hydrogen-bond acceptors (Lipinski definition) is 8. The minimum atomic E-state index is -0.994. The van der Waals surface area contributed by atoms with Crippen LogP contribution < -0.4 is 20.5 Å². The molecule has 0 saturated carbocycles. The molecule has 4 aromatic carbocycles. The topological polar surface area (TPSA) is 174 Å². The number of carboxylic acids is 2. The van der Waals surface area contributed by atoms with Crippen LogP contribution in [0.15, 0.2) is 97.1 Å². The molecule has 248 valence electrons. The number of carbonyl (C=O) groups is 4. The number of esters is 1. The molecule has 0 unspecified atom stereocenters. The van der Waals surface area contributed by atoms with Gasteiger partial charge in [0.1, 0.15) is 17.1 Å². The van der Waals surface area contributed by atoms with Crippen LogP contribution in [-0.4, -0.2) is 53.8 Å². The van der Waals surface area contributed by atoms with E-state index in [1.54, 1.807) is 87.0 Å². The van der Waals surface area contributed by atoms with E-state index >= 15 is 0 Å².